The SMILES string of the molecule is OC[C@H]1CCN(Cc2ccsc2)C1. The second-order valence-corrected chi connectivity index (χ2v) is 4.48. The Balaban J connectivity index is 1.84. The molecule has 1 saturated heterocycles. The molecule has 1 aromatic rings. The third-order valence-corrected chi connectivity index (χ3v) is 3.35. The first-order chi connectivity index (χ1) is 6.38. The first-order valence-electron chi connectivity index (χ1n) is 4.73. The fraction of sp³-hybridized carbons (Fsp3) is 0.600. The summed E-state index contributed by atoms with van der Waals surface area (Å²) in [5.41, 5.74) is 1.41. The number of thiophene rings is 1. The Labute approximate surface area is 82.8 Å². The van der Waals surface area contributed by atoms with Crippen molar-refractivity contribution < 1.29 is 5.11 Å². The summed E-state index contributed by atoms with van der Waals surface area (Å²) in [6.07, 6.45) is 1.15. The van der Waals surface area contributed by atoms with Crippen molar-refractivity contribution in [1.82, 2.24) is 4.90 Å². The van der Waals surface area contributed by atoms with Crippen molar-refractivity contribution >= 4 is 11.3 Å². The zero-order valence-electron chi connectivity index (χ0n) is 7.65. The number of likely N-dealkylation sites (tertiary alicyclic amines) is 1. The van der Waals surface area contributed by atoms with Crippen molar-refractivity contribution in [3.8, 4) is 0 Å². The Morgan fingerprint density at radius 3 is 3.15 bits per heavy atom. The van der Waals surface area contributed by atoms with E-state index < -0.39 is 0 Å². The van der Waals surface area contributed by atoms with Crippen LogP contribution in [0.3, 0.4) is 0 Å². The van der Waals surface area contributed by atoms with Crippen molar-refractivity contribution in [1.29, 1.82) is 0 Å². The van der Waals surface area contributed by atoms with Crippen LogP contribution in [0.15, 0.2) is 16.8 Å². The van der Waals surface area contributed by atoms with E-state index in [0.29, 0.717) is 12.5 Å². The largest absolute Gasteiger partial charge is 0.396 e. The molecule has 72 valence electrons. The average molecular weight is 197 g/mol. The molecule has 0 amide bonds. The van der Waals surface area contributed by atoms with Gasteiger partial charge in [-0.25, -0.2) is 0 Å². The van der Waals surface area contributed by atoms with E-state index >= 15 is 0 Å². The van der Waals surface area contributed by atoms with Crippen LogP contribution in [0.4, 0.5) is 0 Å². The van der Waals surface area contributed by atoms with Crippen LogP contribution in [0, 0.1) is 5.92 Å². The number of nitrogens with zero attached hydrogens (tertiary/aromatic N) is 1. The maximum Gasteiger partial charge on any atom is 0.0471 e. The fourth-order valence-corrected chi connectivity index (χ4v) is 2.51. The summed E-state index contributed by atoms with van der Waals surface area (Å²) < 4.78 is 0. The minimum atomic E-state index is 0.347. The van der Waals surface area contributed by atoms with E-state index in [4.69, 9.17) is 5.11 Å². The summed E-state index contributed by atoms with van der Waals surface area (Å²) >= 11 is 1.75. The third kappa shape index (κ3) is 2.30. The van der Waals surface area contributed by atoms with Gasteiger partial charge in [-0.05, 0) is 41.3 Å². The van der Waals surface area contributed by atoms with Crippen molar-refractivity contribution in [2.45, 2.75) is 13.0 Å². The van der Waals surface area contributed by atoms with Crippen molar-refractivity contribution in [3.05, 3.63) is 22.4 Å². The van der Waals surface area contributed by atoms with E-state index in [-0.39, 0.29) is 0 Å². The lowest BCUT2D eigenvalue weighted by atomic mass is 10.1. The Morgan fingerprint density at radius 1 is 1.62 bits per heavy atom. The molecule has 1 aromatic heterocycles. The number of rotatable bonds is 3. The minimum absolute atomic E-state index is 0.347. The molecule has 0 radical (unpaired) electrons. The summed E-state index contributed by atoms with van der Waals surface area (Å²) in [4.78, 5) is 2.42. The highest BCUT2D eigenvalue weighted by Gasteiger charge is 2.21. The molecule has 0 unspecified atom stereocenters. The minimum Gasteiger partial charge on any atom is -0.396 e. The van der Waals surface area contributed by atoms with Gasteiger partial charge in [0.15, 0.2) is 0 Å². The Hall–Kier alpha value is -0.380. The summed E-state index contributed by atoms with van der Waals surface area (Å²) in [7, 11) is 0. The van der Waals surface area contributed by atoms with Gasteiger partial charge in [-0.2, -0.15) is 11.3 Å². The van der Waals surface area contributed by atoms with Crippen LogP contribution >= 0.6 is 11.3 Å². The van der Waals surface area contributed by atoms with Gasteiger partial charge in [0.05, 0.1) is 0 Å². The molecule has 0 spiro atoms. The van der Waals surface area contributed by atoms with Gasteiger partial charge in [-0.1, -0.05) is 0 Å². The van der Waals surface area contributed by atoms with Gasteiger partial charge in [0, 0.05) is 19.7 Å². The lowest BCUT2D eigenvalue weighted by molar-refractivity contribution is 0.220. The second kappa shape index (κ2) is 4.22. The third-order valence-electron chi connectivity index (χ3n) is 2.61. The first kappa shape index (κ1) is 9.19. The van der Waals surface area contributed by atoms with Crippen molar-refractivity contribution in [2.24, 2.45) is 5.92 Å². The van der Waals surface area contributed by atoms with Gasteiger partial charge in [-0.3, -0.25) is 4.90 Å². The van der Waals surface area contributed by atoms with Crippen molar-refractivity contribution in [3.63, 3.8) is 0 Å². The normalized spacial score (nSPS) is 23.9. The van der Waals surface area contributed by atoms with E-state index in [2.05, 4.69) is 21.7 Å². The van der Waals surface area contributed by atoms with Gasteiger partial charge >= 0.3 is 0 Å². The number of hydrogen-bond donors (Lipinski definition) is 1. The Kier molecular flexibility index (Phi) is 2.98. The highest BCUT2D eigenvalue weighted by atomic mass is 32.1. The molecule has 1 aliphatic heterocycles. The molecule has 13 heavy (non-hydrogen) atoms. The lowest BCUT2D eigenvalue weighted by Crippen LogP contribution is -2.20. The Bertz CT molecular complexity index is 247. The highest BCUT2D eigenvalue weighted by molar-refractivity contribution is 7.07. The molecule has 1 atom stereocenters. The van der Waals surface area contributed by atoms with Crippen LogP contribution in [0.1, 0.15) is 12.0 Å². The molecule has 3 heteroatoms. The molecule has 1 fully saturated rings. The van der Waals surface area contributed by atoms with Crippen LogP contribution in [0.5, 0.6) is 0 Å². The number of hydrogen-bond acceptors (Lipinski definition) is 3. The molecule has 0 saturated carbocycles. The topological polar surface area (TPSA) is 23.5 Å². The van der Waals surface area contributed by atoms with E-state index in [1.165, 1.54) is 5.56 Å². The van der Waals surface area contributed by atoms with Crippen LogP contribution in [0.25, 0.3) is 0 Å². The highest BCUT2D eigenvalue weighted by Crippen LogP contribution is 2.18. The first-order valence-corrected chi connectivity index (χ1v) is 5.67. The predicted molar refractivity (Wildman–Crippen MR) is 54.8 cm³/mol. The summed E-state index contributed by atoms with van der Waals surface area (Å²) in [6, 6.07) is 2.18. The van der Waals surface area contributed by atoms with Crippen LogP contribution in [-0.2, 0) is 6.54 Å². The zero-order valence-corrected chi connectivity index (χ0v) is 8.46. The van der Waals surface area contributed by atoms with E-state index in [1.807, 2.05) is 0 Å². The average Bonchev–Trinajstić information content (AvgIpc) is 2.76. The molecule has 1 N–H and O–H groups in total. The van der Waals surface area contributed by atoms with Gasteiger partial charge < -0.3 is 5.11 Å². The van der Waals surface area contributed by atoms with E-state index in [0.717, 1.165) is 26.1 Å². The van der Waals surface area contributed by atoms with Gasteiger partial charge in [0.2, 0.25) is 0 Å². The molecular formula is C10H15NOS. The monoisotopic (exact) mass is 197 g/mol. The lowest BCUT2D eigenvalue weighted by Gasteiger charge is -2.13. The summed E-state index contributed by atoms with van der Waals surface area (Å²) in [5, 5.41) is 13.3. The maximum atomic E-state index is 8.99. The molecule has 0 aliphatic carbocycles. The molecule has 0 aromatic carbocycles. The summed E-state index contributed by atoms with van der Waals surface area (Å²) in [5.74, 6) is 0.513. The maximum absolute atomic E-state index is 8.99. The standard InChI is InChI=1S/C10H15NOS/c12-7-9-1-3-11(5-9)6-10-2-4-13-8-10/h2,4,8-9,12H,1,3,5-7H2/t9-/m0/s1. The summed E-state index contributed by atoms with van der Waals surface area (Å²) in [6.45, 7) is 3.60. The van der Waals surface area contributed by atoms with Crippen LogP contribution < -0.4 is 0 Å². The quantitative estimate of drug-likeness (QED) is 0.795. The second-order valence-electron chi connectivity index (χ2n) is 3.70. The molecule has 0 bridgehead atoms. The smallest absolute Gasteiger partial charge is 0.0471 e. The number of aliphatic hydroxyl groups excluding tert-OH is 1. The Morgan fingerprint density at radius 2 is 2.54 bits per heavy atom. The van der Waals surface area contributed by atoms with Gasteiger partial charge in [-0.15, -0.1) is 0 Å². The predicted octanol–water partition coefficient (Wildman–Crippen LogP) is 1.56. The number of aliphatic hydroxyl groups is 1. The van der Waals surface area contributed by atoms with E-state index in [1.54, 1.807) is 11.3 Å². The fourth-order valence-electron chi connectivity index (χ4n) is 1.85. The van der Waals surface area contributed by atoms with Crippen LogP contribution in [0.2, 0.25) is 0 Å². The van der Waals surface area contributed by atoms with E-state index in [9.17, 15) is 0 Å². The van der Waals surface area contributed by atoms with Gasteiger partial charge in [0.1, 0.15) is 0 Å². The van der Waals surface area contributed by atoms with Gasteiger partial charge in [0.25, 0.3) is 0 Å². The molecule has 2 rings (SSSR count). The molecular weight excluding hydrogens is 182 g/mol. The van der Waals surface area contributed by atoms with Crippen LogP contribution in [-0.4, -0.2) is 29.7 Å². The zero-order chi connectivity index (χ0) is 9.10. The molecule has 1 aliphatic rings. The van der Waals surface area contributed by atoms with Crippen molar-refractivity contribution in [2.75, 3.05) is 19.7 Å². The molecule has 2 nitrogen and oxygen atoms in total. The molecule has 2 heterocycles.